The lowest BCUT2D eigenvalue weighted by atomic mass is 10.2. The molecule has 1 saturated heterocycles. The van der Waals surface area contributed by atoms with Crippen molar-refractivity contribution in [3.63, 3.8) is 0 Å². The van der Waals surface area contributed by atoms with Crippen LogP contribution >= 0.6 is 11.8 Å². The predicted octanol–water partition coefficient (Wildman–Crippen LogP) is 2.00. The van der Waals surface area contributed by atoms with E-state index in [9.17, 15) is 4.79 Å². The average Bonchev–Trinajstić information content (AvgIpc) is 2.74. The van der Waals surface area contributed by atoms with Gasteiger partial charge in [-0.2, -0.15) is 0 Å². The van der Waals surface area contributed by atoms with Gasteiger partial charge in [0.05, 0.1) is 5.25 Å². The summed E-state index contributed by atoms with van der Waals surface area (Å²) >= 11 is 1.75. The third-order valence-electron chi connectivity index (χ3n) is 3.26. The summed E-state index contributed by atoms with van der Waals surface area (Å²) in [5.74, 6) is 0.267. The highest BCUT2D eigenvalue weighted by atomic mass is 32.2. The minimum atomic E-state index is 0.0902. The SMILES string of the molecule is CCC1SC(c2cccnc2)N(CCN(C)C)C1=O. The number of rotatable bonds is 5. The molecule has 104 valence electrons. The molecule has 2 unspecified atom stereocenters. The van der Waals surface area contributed by atoms with Gasteiger partial charge in [-0.25, -0.2) is 0 Å². The van der Waals surface area contributed by atoms with Gasteiger partial charge in [-0.1, -0.05) is 13.0 Å². The van der Waals surface area contributed by atoms with Gasteiger partial charge in [0.15, 0.2) is 0 Å². The number of likely N-dealkylation sites (N-methyl/N-ethyl adjacent to an activating group) is 1. The van der Waals surface area contributed by atoms with Gasteiger partial charge in [0.2, 0.25) is 5.91 Å². The Hall–Kier alpha value is -1.07. The van der Waals surface area contributed by atoms with E-state index in [1.807, 2.05) is 31.3 Å². The number of pyridine rings is 1. The highest BCUT2D eigenvalue weighted by molar-refractivity contribution is 8.01. The summed E-state index contributed by atoms with van der Waals surface area (Å²) in [6, 6.07) is 3.99. The minimum Gasteiger partial charge on any atom is -0.324 e. The zero-order valence-corrected chi connectivity index (χ0v) is 12.6. The van der Waals surface area contributed by atoms with Crippen LogP contribution in [0.25, 0.3) is 0 Å². The third-order valence-corrected chi connectivity index (χ3v) is 4.91. The van der Waals surface area contributed by atoms with Crippen LogP contribution in [0, 0.1) is 0 Å². The summed E-state index contributed by atoms with van der Waals surface area (Å²) in [6.45, 7) is 3.74. The molecule has 1 aromatic heterocycles. The Morgan fingerprint density at radius 3 is 2.84 bits per heavy atom. The first-order valence-corrected chi connectivity index (χ1v) is 7.58. The number of hydrogen-bond acceptors (Lipinski definition) is 4. The molecule has 0 N–H and O–H groups in total. The van der Waals surface area contributed by atoms with Gasteiger partial charge in [-0.3, -0.25) is 9.78 Å². The van der Waals surface area contributed by atoms with E-state index in [1.54, 1.807) is 18.0 Å². The second-order valence-electron chi connectivity index (χ2n) is 5.01. The van der Waals surface area contributed by atoms with Crippen molar-refractivity contribution in [3.05, 3.63) is 30.1 Å². The van der Waals surface area contributed by atoms with Crippen LogP contribution in [0.5, 0.6) is 0 Å². The summed E-state index contributed by atoms with van der Waals surface area (Å²) in [7, 11) is 4.06. The van der Waals surface area contributed by atoms with E-state index in [0.29, 0.717) is 0 Å². The van der Waals surface area contributed by atoms with Gasteiger partial charge in [0, 0.05) is 31.0 Å². The Bertz CT molecular complexity index is 424. The predicted molar refractivity (Wildman–Crippen MR) is 78.9 cm³/mol. The largest absolute Gasteiger partial charge is 0.324 e. The maximum Gasteiger partial charge on any atom is 0.236 e. The molecule has 0 saturated carbocycles. The fraction of sp³-hybridized carbons (Fsp3) is 0.571. The van der Waals surface area contributed by atoms with Crippen molar-refractivity contribution in [2.24, 2.45) is 0 Å². The second kappa shape index (κ2) is 6.39. The average molecular weight is 279 g/mol. The maximum atomic E-state index is 12.4. The third kappa shape index (κ3) is 3.28. The van der Waals surface area contributed by atoms with E-state index in [-0.39, 0.29) is 16.5 Å². The van der Waals surface area contributed by atoms with E-state index in [1.165, 1.54) is 0 Å². The number of thioether (sulfide) groups is 1. The van der Waals surface area contributed by atoms with Crippen molar-refractivity contribution < 1.29 is 4.79 Å². The van der Waals surface area contributed by atoms with Gasteiger partial charge in [-0.05, 0) is 26.6 Å². The van der Waals surface area contributed by atoms with E-state index < -0.39 is 0 Å². The quantitative estimate of drug-likeness (QED) is 0.826. The summed E-state index contributed by atoms with van der Waals surface area (Å²) in [5, 5.41) is 0.207. The molecule has 0 bridgehead atoms. The molecule has 0 aliphatic carbocycles. The van der Waals surface area contributed by atoms with Crippen LogP contribution in [-0.4, -0.2) is 53.1 Å². The van der Waals surface area contributed by atoms with E-state index in [4.69, 9.17) is 0 Å². The maximum absolute atomic E-state index is 12.4. The summed E-state index contributed by atoms with van der Waals surface area (Å²) in [5.41, 5.74) is 1.12. The molecule has 0 spiro atoms. The lowest BCUT2D eigenvalue weighted by Crippen LogP contribution is -2.36. The Morgan fingerprint density at radius 2 is 2.26 bits per heavy atom. The van der Waals surface area contributed by atoms with Crippen molar-refractivity contribution in [3.8, 4) is 0 Å². The van der Waals surface area contributed by atoms with Gasteiger partial charge >= 0.3 is 0 Å². The lowest BCUT2D eigenvalue weighted by molar-refractivity contribution is -0.130. The Labute approximate surface area is 119 Å². The first-order valence-electron chi connectivity index (χ1n) is 6.64. The molecule has 1 amide bonds. The van der Waals surface area contributed by atoms with Gasteiger partial charge in [0.25, 0.3) is 0 Å². The summed E-state index contributed by atoms with van der Waals surface area (Å²) in [6.07, 6.45) is 4.52. The molecule has 2 atom stereocenters. The number of carbonyl (C=O) groups excluding carboxylic acids is 1. The molecule has 2 heterocycles. The van der Waals surface area contributed by atoms with E-state index in [0.717, 1.165) is 25.1 Å². The van der Waals surface area contributed by atoms with Crippen molar-refractivity contribution in [2.45, 2.75) is 24.0 Å². The monoisotopic (exact) mass is 279 g/mol. The molecule has 1 aliphatic heterocycles. The number of amides is 1. The van der Waals surface area contributed by atoms with Gasteiger partial charge < -0.3 is 9.80 Å². The van der Waals surface area contributed by atoms with Gasteiger partial charge in [0.1, 0.15) is 5.37 Å². The lowest BCUT2D eigenvalue weighted by Gasteiger charge is -2.25. The Balaban J connectivity index is 2.17. The molecule has 0 aromatic carbocycles. The van der Waals surface area contributed by atoms with Crippen LogP contribution in [-0.2, 0) is 4.79 Å². The van der Waals surface area contributed by atoms with Crippen molar-refractivity contribution in [2.75, 3.05) is 27.2 Å². The van der Waals surface area contributed by atoms with E-state index in [2.05, 4.69) is 22.9 Å². The Kier molecular flexibility index (Phi) is 4.82. The van der Waals surface area contributed by atoms with Crippen LogP contribution in [0.15, 0.2) is 24.5 Å². The molecule has 5 heteroatoms. The number of carbonyl (C=O) groups is 1. The van der Waals surface area contributed by atoms with Crippen LogP contribution in [0.2, 0.25) is 0 Å². The molecule has 1 fully saturated rings. The topological polar surface area (TPSA) is 36.4 Å². The molecule has 0 radical (unpaired) electrons. The normalized spacial score (nSPS) is 23.4. The zero-order chi connectivity index (χ0) is 13.8. The Morgan fingerprint density at radius 1 is 1.47 bits per heavy atom. The molecule has 19 heavy (non-hydrogen) atoms. The second-order valence-corrected chi connectivity index (χ2v) is 6.29. The first-order chi connectivity index (χ1) is 9.13. The molecule has 4 nitrogen and oxygen atoms in total. The summed E-state index contributed by atoms with van der Waals surface area (Å²) in [4.78, 5) is 20.7. The first kappa shape index (κ1) is 14.3. The van der Waals surface area contributed by atoms with Crippen molar-refractivity contribution in [1.82, 2.24) is 14.8 Å². The van der Waals surface area contributed by atoms with Crippen LogP contribution in [0.1, 0.15) is 24.3 Å². The van der Waals surface area contributed by atoms with Gasteiger partial charge in [-0.15, -0.1) is 11.8 Å². The molecular formula is C14H21N3OS. The van der Waals surface area contributed by atoms with E-state index >= 15 is 0 Å². The number of nitrogens with zero attached hydrogens (tertiary/aromatic N) is 3. The number of hydrogen-bond donors (Lipinski definition) is 0. The highest BCUT2D eigenvalue weighted by Crippen LogP contribution is 2.43. The van der Waals surface area contributed by atoms with Crippen LogP contribution in [0.4, 0.5) is 0 Å². The molecule has 1 aliphatic rings. The standard InChI is InChI=1S/C14H21N3OS/c1-4-12-13(18)17(9-8-16(2)3)14(19-12)11-6-5-7-15-10-11/h5-7,10,12,14H,4,8-9H2,1-3H3. The minimum absolute atomic E-state index is 0.0902. The molecule has 2 rings (SSSR count). The van der Waals surface area contributed by atoms with Crippen LogP contribution < -0.4 is 0 Å². The van der Waals surface area contributed by atoms with Crippen molar-refractivity contribution in [1.29, 1.82) is 0 Å². The fourth-order valence-electron chi connectivity index (χ4n) is 2.17. The molecule has 1 aromatic rings. The summed E-state index contributed by atoms with van der Waals surface area (Å²) < 4.78 is 0. The van der Waals surface area contributed by atoms with Crippen LogP contribution in [0.3, 0.4) is 0 Å². The molecular weight excluding hydrogens is 258 g/mol. The smallest absolute Gasteiger partial charge is 0.236 e. The fourth-order valence-corrected chi connectivity index (χ4v) is 3.58. The highest BCUT2D eigenvalue weighted by Gasteiger charge is 2.39. The number of aromatic nitrogens is 1. The van der Waals surface area contributed by atoms with Crippen molar-refractivity contribution >= 4 is 17.7 Å². The zero-order valence-electron chi connectivity index (χ0n) is 11.7.